The van der Waals surface area contributed by atoms with Crippen molar-refractivity contribution in [1.82, 2.24) is 0 Å². The first-order valence-corrected chi connectivity index (χ1v) is 8.67. The van der Waals surface area contributed by atoms with E-state index in [1.807, 2.05) is 12.1 Å². The van der Waals surface area contributed by atoms with Crippen LogP contribution in [0.3, 0.4) is 0 Å². The molecule has 0 heterocycles. The molecule has 1 heteroatoms. The lowest BCUT2D eigenvalue weighted by molar-refractivity contribution is 0.0331. The molecule has 0 aromatic heterocycles. The summed E-state index contributed by atoms with van der Waals surface area (Å²) in [6.45, 7) is 21.1. The first kappa shape index (κ1) is 19.1. The van der Waals surface area contributed by atoms with Crippen LogP contribution in [0.1, 0.15) is 74.3 Å². The monoisotopic (exact) mass is 304 g/mol. The second kappa shape index (κ2) is 6.26. The predicted molar refractivity (Wildman–Crippen MR) is 97.3 cm³/mol. The summed E-state index contributed by atoms with van der Waals surface area (Å²) in [4.78, 5) is 0. The van der Waals surface area contributed by atoms with Crippen LogP contribution in [0.15, 0.2) is 24.3 Å². The molecule has 1 aromatic carbocycles. The van der Waals surface area contributed by atoms with E-state index in [1.54, 1.807) is 6.07 Å². The second-order valence-electron chi connectivity index (χ2n) is 9.12. The summed E-state index contributed by atoms with van der Waals surface area (Å²) in [7, 11) is 0. The zero-order valence-corrected chi connectivity index (χ0v) is 16.1. The lowest BCUT2D eigenvalue weighted by Gasteiger charge is -2.53. The van der Waals surface area contributed by atoms with E-state index in [2.05, 4.69) is 68.4 Å². The van der Waals surface area contributed by atoms with Crippen molar-refractivity contribution in [3.05, 3.63) is 29.8 Å². The van der Waals surface area contributed by atoms with Crippen molar-refractivity contribution >= 4 is 0 Å². The highest BCUT2D eigenvalue weighted by Crippen LogP contribution is 2.54. The molecule has 126 valence electrons. The van der Waals surface area contributed by atoms with Crippen LogP contribution < -0.4 is 0 Å². The van der Waals surface area contributed by atoms with Gasteiger partial charge < -0.3 is 5.11 Å². The van der Waals surface area contributed by atoms with Gasteiger partial charge in [0.2, 0.25) is 0 Å². The number of hydrogen-bond acceptors (Lipinski definition) is 1. The summed E-state index contributed by atoms with van der Waals surface area (Å²) in [6, 6.07) is 7.94. The van der Waals surface area contributed by atoms with E-state index >= 15 is 0 Å². The van der Waals surface area contributed by atoms with Crippen molar-refractivity contribution in [2.24, 2.45) is 22.7 Å². The molecule has 0 fully saturated rings. The molecule has 2 unspecified atom stereocenters. The summed E-state index contributed by atoms with van der Waals surface area (Å²) in [6.07, 6.45) is 1.08. The van der Waals surface area contributed by atoms with E-state index in [9.17, 15) is 5.11 Å². The highest BCUT2D eigenvalue weighted by molar-refractivity contribution is 5.35. The molecule has 1 aromatic rings. The topological polar surface area (TPSA) is 20.2 Å². The molecule has 0 saturated heterocycles. The van der Waals surface area contributed by atoms with Gasteiger partial charge in [0, 0.05) is 5.41 Å². The van der Waals surface area contributed by atoms with Gasteiger partial charge >= 0.3 is 0 Å². The Morgan fingerprint density at radius 2 is 1.36 bits per heavy atom. The zero-order chi connectivity index (χ0) is 17.3. The molecule has 22 heavy (non-hydrogen) atoms. The fourth-order valence-corrected chi connectivity index (χ4v) is 4.03. The van der Waals surface area contributed by atoms with E-state index in [-0.39, 0.29) is 16.2 Å². The van der Waals surface area contributed by atoms with Crippen LogP contribution >= 0.6 is 0 Å². The Hall–Kier alpha value is -0.980. The molecule has 0 radical (unpaired) electrons. The van der Waals surface area contributed by atoms with Crippen molar-refractivity contribution in [1.29, 1.82) is 0 Å². The van der Waals surface area contributed by atoms with Crippen molar-refractivity contribution in [2.75, 3.05) is 0 Å². The second-order valence-corrected chi connectivity index (χ2v) is 9.12. The Kier molecular flexibility index (Phi) is 5.42. The molecule has 0 aliphatic rings. The molecular formula is C21H36O. The average molecular weight is 305 g/mol. The number of phenolic OH excluding ortho intramolecular Hbond substituents is 1. The molecule has 0 aliphatic carbocycles. The van der Waals surface area contributed by atoms with Gasteiger partial charge in [-0.2, -0.15) is 0 Å². The fourth-order valence-electron chi connectivity index (χ4n) is 4.03. The van der Waals surface area contributed by atoms with Gasteiger partial charge in [-0.3, -0.25) is 0 Å². The number of benzene rings is 1. The van der Waals surface area contributed by atoms with Crippen molar-refractivity contribution in [2.45, 2.75) is 74.1 Å². The maximum Gasteiger partial charge on any atom is 0.115 e. The van der Waals surface area contributed by atoms with Crippen molar-refractivity contribution < 1.29 is 5.11 Å². The fraction of sp³-hybridized carbons (Fsp3) is 0.714. The van der Waals surface area contributed by atoms with Crippen LogP contribution in [-0.4, -0.2) is 5.11 Å². The molecule has 0 bridgehead atoms. The maximum atomic E-state index is 10.0. The van der Waals surface area contributed by atoms with E-state index in [0.717, 1.165) is 6.42 Å². The molecule has 0 amide bonds. The standard InChI is InChI=1S/C21H36O/c1-10-21(15(2)19(4,5)6,16(3)20(7,8)9)17-12-11-13-18(22)14-17/h11-16,22H,10H2,1-9H3. The first-order valence-electron chi connectivity index (χ1n) is 8.67. The Morgan fingerprint density at radius 1 is 0.909 bits per heavy atom. The summed E-state index contributed by atoms with van der Waals surface area (Å²) >= 11 is 0. The molecule has 1 nitrogen and oxygen atoms in total. The molecular weight excluding hydrogens is 268 g/mol. The molecule has 0 saturated carbocycles. The number of rotatable bonds is 4. The Balaban J connectivity index is 3.62. The van der Waals surface area contributed by atoms with Gasteiger partial charge in [-0.15, -0.1) is 0 Å². The van der Waals surface area contributed by atoms with Crippen LogP contribution in [0.4, 0.5) is 0 Å². The molecule has 1 rings (SSSR count). The largest absolute Gasteiger partial charge is 0.508 e. The van der Waals surface area contributed by atoms with Gasteiger partial charge in [0.1, 0.15) is 5.75 Å². The first-order chi connectivity index (χ1) is 9.87. The van der Waals surface area contributed by atoms with E-state index in [1.165, 1.54) is 5.56 Å². The van der Waals surface area contributed by atoms with Crippen LogP contribution in [0.2, 0.25) is 0 Å². The van der Waals surface area contributed by atoms with Gasteiger partial charge in [0.15, 0.2) is 0 Å². The number of hydrogen-bond donors (Lipinski definition) is 1. The molecule has 2 atom stereocenters. The number of phenols is 1. The summed E-state index contributed by atoms with van der Waals surface area (Å²) in [5.74, 6) is 1.37. The molecule has 1 N–H and O–H groups in total. The van der Waals surface area contributed by atoms with Crippen LogP contribution in [0.5, 0.6) is 5.75 Å². The van der Waals surface area contributed by atoms with Crippen LogP contribution in [0.25, 0.3) is 0 Å². The Labute approximate surface area is 138 Å². The molecule has 0 aliphatic heterocycles. The summed E-state index contributed by atoms with van der Waals surface area (Å²) in [5.41, 5.74) is 1.75. The van der Waals surface area contributed by atoms with Gasteiger partial charge in [0.25, 0.3) is 0 Å². The zero-order valence-electron chi connectivity index (χ0n) is 16.1. The quantitative estimate of drug-likeness (QED) is 0.682. The normalized spacial score (nSPS) is 18.6. The minimum Gasteiger partial charge on any atom is -0.508 e. The average Bonchev–Trinajstić information content (AvgIpc) is 2.38. The van der Waals surface area contributed by atoms with Crippen LogP contribution in [0, 0.1) is 22.7 Å². The predicted octanol–water partition coefficient (Wildman–Crippen LogP) is 6.40. The highest BCUT2D eigenvalue weighted by Gasteiger charge is 2.49. The minimum absolute atomic E-state index is 0.0508. The van der Waals surface area contributed by atoms with Gasteiger partial charge in [0.05, 0.1) is 0 Å². The summed E-state index contributed by atoms with van der Waals surface area (Å²) in [5, 5.41) is 10.0. The molecule has 0 spiro atoms. The smallest absolute Gasteiger partial charge is 0.115 e. The maximum absolute atomic E-state index is 10.0. The van der Waals surface area contributed by atoms with E-state index in [4.69, 9.17) is 0 Å². The van der Waals surface area contributed by atoms with E-state index < -0.39 is 0 Å². The van der Waals surface area contributed by atoms with E-state index in [0.29, 0.717) is 17.6 Å². The van der Waals surface area contributed by atoms with Crippen molar-refractivity contribution in [3.63, 3.8) is 0 Å². The summed E-state index contributed by atoms with van der Waals surface area (Å²) < 4.78 is 0. The van der Waals surface area contributed by atoms with Crippen molar-refractivity contribution in [3.8, 4) is 5.75 Å². The SMILES string of the molecule is CCC(c1cccc(O)c1)(C(C)C(C)(C)C)C(C)C(C)(C)C. The highest BCUT2D eigenvalue weighted by atomic mass is 16.3. The lowest BCUT2D eigenvalue weighted by atomic mass is 9.51. The third-order valence-electron chi connectivity index (χ3n) is 6.11. The van der Waals surface area contributed by atoms with Gasteiger partial charge in [-0.25, -0.2) is 0 Å². The third-order valence-corrected chi connectivity index (χ3v) is 6.11. The minimum atomic E-state index is 0.0508. The van der Waals surface area contributed by atoms with Crippen LogP contribution in [-0.2, 0) is 5.41 Å². The Morgan fingerprint density at radius 3 is 1.68 bits per heavy atom. The lowest BCUT2D eigenvalue weighted by Crippen LogP contribution is -2.49. The van der Waals surface area contributed by atoms with Gasteiger partial charge in [-0.1, -0.05) is 74.4 Å². The number of aromatic hydroxyl groups is 1. The third kappa shape index (κ3) is 3.50. The van der Waals surface area contributed by atoms with Gasteiger partial charge in [-0.05, 0) is 46.8 Å². The Bertz CT molecular complexity index is 467.